The first-order chi connectivity index (χ1) is 16.1. The van der Waals surface area contributed by atoms with Crippen molar-refractivity contribution in [1.82, 2.24) is 4.98 Å². The van der Waals surface area contributed by atoms with E-state index in [0.29, 0.717) is 0 Å². The van der Waals surface area contributed by atoms with E-state index >= 15 is 0 Å². The summed E-state index contributed by atoms with van der Waals surface area (Å²) in [4.78, 5) is 4.21. The van der Waals surface area contributed by atoms with E-state index in [1.807, 2.05) is 24.5 Å². The number of aryl methyl sites for hydroxylation is 2. The first-order valence-electron chi connectivity index (χ1n) is 11.1. The van der Waals surface area contributed by atoms with Crippen LogP contribution in [0.5, 0.6) is 0 Å². The summed E-state index contributed by atoms with van der Waals surface area (Å²) in [5, 5.41) is 0. The molecule has 3 aromatic carbocycles. The maximum absolute atomic E-state index is 6.02. The van der Waals surface area contributed by atoms with E-state index in [1.54, 1.807) is 0 Å². The fourth-order valence-corrected chi connectivity index (χ4v) is 4.08. The standard InChI is InChI=1S/C30H26N3/c1-21-3-7-24(8-4-21)29-19-26(23-15-17-32-18-16-23)20-30(25-9-5-22(2)6-10-25)33(29)28-13-11-27(31)12-14-28/h3-20H,31H2,1-2H3/q+1. The van der Waals surface area contributed by atoms with E-state index in [-0.39, 0.29) is 0 Å². The SMILES string of the molecule is Cc1ccc(-c2cc(-c3ccncc3)cc(-c3ccc(C)cc3)[n+]2-c2ccc(N)cc2)cc1. The number of pyridine rings is 2. The van der Waals surface area contributed by atoms with Gasteiger partial charge in [0.25, 0.3) is 0 Å². The number of hydrogen-bond acceptors (Lipinski definition) is 2. The number of nitrogens with two attached hydrogens (primary N) is 1. The largest absolute Gasteiger partial charge is 0.399 e. The Balaban J connectivity index is 1.86. The molecule has 5 aromatic rings. The van der Waals surface area contributed by atoms with Gasteiger partial charge in [0.1, 0.15) is 0 Å². The van der Waals surface area contributed by atoms with Crippen molar-refractivity contribution in [3.8, 4) is 39.3 Å². The Bertz CT molecular complexity index is 1320. The van der Waals surface area contributed by atoms with Crippen LogP contribution in [0.4, 0.5) is 5.69 Å². The van der Waals surface area contributed by atoms with Gasteiger partial charge in [-0.3, -0.25) is 4.98 Å². The lowest BCUT2D eigenvalue weighted by Crippen LogP contribution is -2.36. The second-order valence-electron chi connectivity index (χ2n) is 8.41. The summed E-state index contributed by atoms with van der Waals surface area (Å²) in [6, 6.07) is 34.1. The van der Waals surface area contributed by atoms with Crippen molar-refractivity contribution in [2.75, 3.05) is 5.73 Å². The van der Waals surface area contributed by atoms with Crippen LogP contribution >= 0.6 is 0 Å². The Morgan fingerprint density at radius 1 is 0.545 bits per heavy atom. The molecule has 3 nitrogen and oxygen atoms in total. The maximum Gasteiger partial charge on any atom is 0.219 e. The molecule has 0 aliphatic carbocycles. The molecule has 0 atom stereocenters. The van der Waals surface area contributed by atoms with Crippen LogP contribution in [0.3, 0.4) is 0 Å². The van der Waals surface area contributed by atoms with Crippen molar-refractivity contribution in [3.63, 3.8) is 0 Å². The lowest BCUT2D eigenvalue weighted by Gasteiger charge is -2.13. The first kappa shape index (κ1) is 20.7. The molecular weight excluding hydrogens is 402 g/mol. The van der Waals surface area contributed by atoms with E-state index in [4.69, 9.17) is 5.73 Å². The minimum atomic E-state index is 0.751. The van der Waals surface area contributed by atoms with Gasteiger partial charge < -0.3 is 5.73 Å². The van der Waals surface area contributed by atoms with Crippen LogP contribution in [0.2, 0.25) is 0 Å². The minimum absolute atomic E-state index is 0.751. The molecular formula is C30H26N3+. The third kappa shape index (κ3) is 4.26. The zero-order valence-corrected chi connectivity index (χ0v) is 18.9. The molecule has 0 radical (unpaired) electrons. The molecule has 2 aromatic heterocycles. The predicted octanol–water partition coefficient (Wildman–Crippen LogP) is 6.56. The van der Waals surface area contributed by atoms with E-state index in [9.17, 15) is 0 Å². The van der Waals surface area contributed by atoms with E-state index in [1.165, 1.54) is 11.1 Å². The molecule has 0 bridgehead atoms. The lowest BCUT2D eigenvalue weighted by molar-refractivity contribution is -0.572. The van der Waals surface area contributed by atoms with Crippen molar-refractivity contribution < 1.29 is 4.57 Å². The number of hydrogen-bond donors (Lipinski definition) is 1. The molecule has 2 N–H and O–H groups in total. The Labute approximate surface area is 194 Å². The smallest absolute Gasteiger partial charge is 0.219 e. The van der Waals surface area contributed by atoms with E-state index in [0.717, 1.165) is 45.0 Å². The average molecular weight is 429 g/mol. The van der Waals surface area contributed by atoms with Gasteiger partial charge in [0.15, 0.2) is 0 Å². The molecule has 0 aliphatic rings. The van der Waals surface area contributed by atoms with E-state index in [2.05, 4.69) is 108 Å². The second-order valence-corrected chi connectivity index (χ2v) is 8.41. The van der Waals surface area contributed by atoms with Gasteiger partial charge >= 0.3 is 0 Å². The molecule has 0 amide bonds. The highest BCUT2D eigenvalue weighted by atomic mass is 15.0. The van der Waals surface area contributed by atoms with Gasteiger partial charge in [-0.05, 0) is 73.5 Å². The van der Waals surface area contributed by atoms with Crippen LogP contribution in [0.25, 0.3) is 39.3 Å². The number of nitrogens with zero attached hydrogens (tertiary/aromatic N) is 2. The van der Waals surface area contributed by atoms with Gasteiger partial charge in [-0.25, -0.2) is 0 Å². The molecule has 0 saturated heterocycles. The van der Waals surface area contributed by atoms with Crippen molar-refractivity contribution in [2.24, 2.45) is 0 Å². The molecule has 0 aliphatic heterocycles. The number of rotatable bonds is 4. The fraction of sp³-hybridized carbons (Fsp3) is 0.0667. The van der Waals surface area contributed by atoms with Crippen LogP contribution in [-0.2, 0) is 0 Å². The van der Waals surface area contributed by atoms with Gasteiger partial charge in [-0.1, -0.05) is 35.4 Å². The van der Waals surface area contributed by atoms with Gasteiger partial charge in [-0.15, -0.1) is 0 Å². The number of anilines is 1. The molecule has 3 heteroatoms. The van der Waals surface area contributed by atoms with Gasteiger partial charge in [0, 0.05) is 53.5 Å². The zero-order chi connectivity index (χ0) is 22.8. The third-order valence-electron chi connectivity index (χ3n) is 5.93. The molecule has 0 saturated carbocycles. The van der Waals surface area contributed by atoms with Gasteiger partial charge in [-0.2, -0.15) is 4.57 Å². The molecule has 2 heterocycles. The molecule has 0 spiro atoms. The Kier molecular flexibility index (Phi) is 5.45. The van der Waals surface area contributed by atoms with Crippen molar-refractivity contribution in [1.29, 1.82) is 0 Å². The Morgan fingerprint density at radius 3 is 1.52 bits per heavy atom. The summed E-state index contributed by atoms with van der Waals surface area (Å²) in [6.45, 7) is 4.23. The zero-order valence-electron chi connectivity index (χ0n) is 18.9. The molecule has 5 rings (SSSR count). The molecule has 0 fully saturated rings. The van der Waals surface area contributed by atoms with Crippen molar-refractivity contribution in [3.05, 3.63) is 121 Å². The minimum Gasteiger partial charge on any atom is -0.399 e. The van der Waals surface area contributed by atoms with E-state index < -0.39 is 0 Å². The Hall–Kier alpha value is -4.24. The third-order valence-corrected chi connectivity index (χ3v) is 5.93. The number of nitrogen functional groups attached to an aromatic ring is 1. The number of benzene rings is 3. The van der Waals surface area contributed by atoms with Gasteiger partial charge in [0.05, 0.1) is 0 Å². The van der Waals surface area contributed by atoms with Crippen molar-refractivity contribution in [2.45, 2.75) is 13.8 Å². The highest BCUT2D eigenvalue weighted by molar-refractivity contribution is 5.74. The second kappa shape index (κ2) is 8.71. The normalized spacial score (nSPS) is 10.8. The summed E-state index contributed by atoms with van der Waals surface area (Å²) >= 11 is 0. The van der Waals surface area contributed by atoms with Crippen LogP contribution < -0.4 is 10.3 Å². The summed E-state index contributed by atoms with van der Waals surface area (Å²) in [7, 11) is 0. The first-order valence-corrected chi connectivity index (χ1v) is 11.1. The van der Waals surface area contributed by atoms with Crippen LogP contribution in [-0.4, -0.2) is 4.98 Å². The highest BCUT2D eigenvalue weighted by Crippen LogP contribution is 2.30. The van der Waals surface area contributed by atoms with Crippen LogP contribution in [0, 0.1) is 13.8 Å². The highest BCUT2D eigenvalue weighted by Gasteiger charge is 2.25. The molecule has 33 heavy (non-hydrogen) atoms. The topological polar surface area (TPSA) is 42.8 Å². The summed E-state index contributed by atoms with van der Waals surface area (Å²) in [5.74, 6) is 0. The average Bonchev–Trinajstić information content (AvgIpc) is 2.85. The van der Waals surface area contributed by atoms with Crippen molar-refractivity contribution >= 4 is 5.69 Å². The quantitative estimate of drug-likeness (QED) is 0.260. The van der Waals surface area contributed by atoms with Crippen LogP contribution in [0.15, 0.2) is 109 Å². The summed E-state index contributed by atoms with van der Waals surface area (Å²) in [6.07, 6.45) is 3.68. The summed E-state index contributed by atoms with van der Waals surface area (Å²) < 4.78 is 2.32. The predicted molar refractivity (Wildman–Crippen MR) is 136 cm³/mol. The van der Waals surface area contributed by atoms with Gasteiger partial charge in [0.2, 0.25) is 17.1 Å². The monoisotopic (exact) mass is 428 g/mol. The summed E-state index contributed by atoms with van der Waals surface area (Å²) in [5.41, 5.74) is 17.1. The Morgan fingerprint density at radius 2 is 1.03 bits per heavy atom. The lowest BCUT2D eigenvalue weighted by atomic mass is 9.98. The number of aromatic nitrogens is 2. The molecule has 0 unspecified atom stereocenters. The molecule has 160 valence electrons. The fourth-order valence-electron chi connectivity index (χ4n) is 4.08. The maximum atomic E-state index is 6.02. The van der Waals surface area contributed by atoms with Crippen LogP contribution in [0.1, 0.15) is 11.1 Å².